The molecule has 0 N–H and O–H groups in total. The van der Waals surface area contributed by atoms with E-state index in [0.29, 0.717) is 0 Å². The molecule has 0 aromatic heterocycles. The number of carbonyl (C=O) groups is 3. The van der Waals surface area contributed by atoms with Crippen molar-refractivity contribution < 1.29 is 19.1 Å². The molecular formula is C17H18O4S. The predicted octanol–water partition coefficient (Wildman–Crippen LogP) is 3.44. The van der Waals surface area contributed by atoms with Crippen molar-refractivity contribution >= 4 is 29.4 Å². The normalized spacial score (nSPS) is 12.0. The molecule has 1 heterocycles. The monoisotopic (exact) mass is 318 g/mol. The van der Waals surface area contributed by atoms with Crippen molar-refractivity contribution in [2.75, 3.05) is 6.61 Å². The fourth-order valence-corrected chi connectivity index (χ4v) is 3.12. The molecule has 1 aliphatic heterocycles. The van der Waals surface area contributed by atoms with Gasteiger partial charge in [-0.3, -0.25) is 9.59 Å². The third-order valence-corrected chi connectivity index (χ3v) is 4.30. The molecule has 0 aromatic rings. The molecule has 22 heavy (non-hydrogen) atoms. The Kier molecular flexibility index (Phi) is 5.83. The van der Waals surface area contributed by atoms with Gasteiger partial charge in [-0.15, -0.1) is 11.3 Å². The van der Waals surface area contributed by atoms with Gasteiger partial charge in [-0.05, 0) is 35.6 Å². The van der Waals surface area contributed by atoms with Gasteiger partial charge in [-0.2, -0.15) is 0 Å². The van der Waals surface area contributed by atoms with Crippen LogP contribution in [0.5, 0.6) is 0 Å². The number of hydrogen-bond acceptors (Lipinski definition) is 5. The van der Waals surface area contributed by atoms with Crippen LogP contribution < -0.4 is 0 Å². The van der Waals surface area contributed by atoms with Crippen LogP contribution in [0.15, 0.2) is 29.6 Å². The second-order valence-electron chi connectivity index (χ2n) is 4.97. The molecule has 0 saturated carbocycles. The van der Waals surface area contributed by atoms with E-state index >= 15 is 0 Å². The SMILES string of the molecule is CCOC(=O)C(CC(=O)CCC=O)c1cc2cccsc-2c1. The van der Waals surface area contributed by atoms with Crippen molar-refractivity contribution in [3.05, 3.63) is 35.2 Å². The Balaban J connectivity index is 2.23. The Bertz CT molecular complexity index is 601. The van der Waals surface area contributed by atoms with E-state index in [1.807, 2.05) is 29.6 Å². The maximum absolute atomic E-state index is 12.2. The summed E-state index contributed by atoms with van der Waals surface area (Å²) >= 11 is 1.59. The molecular weight excluding hydrogens is 300 g/mol. The van der Waals surface area contributed by atoms with Crippen LogP contribution in [0, 0.1) is 0 Å². The van der Waals surface area contributed by atoms with Gasteiger partial charge in [0.2, 0.25) is 0 Å². The predicted molar refractivity (Wildman–Crippen MR) is 85.2 cm³/mol. The summed E-state index contributed by atoms with van der Waals surface area (Å²) in [5, 5.41) is 1.97. The average molecular weight is 318 g/mol. The highest BCUT2D eigenvalue weighted by atomic mass is 32.1. The zero-order chi connectivity index (χ0) is 15.9. The van der Waals surface area contributed by atoms with Crippen LogP contribution in [0.4, 0.5) is 0 Å². The van der Waals surface area contributed by atoms with Gasteiger partial charge in [0.1, 0.15) is 12.1 Å². The Labute approximate surface area is 133 Å². The first-order valence-corrected chi connectivity index (χ1v) is 8.12. The minimum atomic E-state index is -0.598. The zero-order valence-electron chi connectivity index (χ0n) is 12.4. The molecule has 4 nitrogen and oxygen atoms in total. The van der Waals surface area contributed by atoms with Gasteiger partial charge < -0.3 is 9.53 Å². The van der Waals surface area contributed by atoms with Crippen molar-refractivity contribution in [1.29, 1.82) is 0 Å². The number of fused-ring (bicyclic) bond motifs is 1. The average Bonchev–Trinajstić information content (AvgIpc) is 2.94. The molecule has 1 aliphatic carbocycles. The van der Waals surface area contributed by atoms with E-state index in [1.54, 1.807) is 18.3 Å². The molecule has 0 aromatic carbocycles. The van der Waals surface area contributed by atoms with Crippen molar-refractivity contribution in [3.63, 3.8) is 0 Å². The van der Waals surface area contributed by atoms with Crippen LogP contribution in [-0.2, 0) is 19.1 Å². The van der Waals surface area contributed by atoms with Gasteiger partial charge in [0.05, 0.1) is 12.5 Å². The summed E-state index contributed by atoms with van der Waals surface area (Å²) in [5.41, 5.74) is 1.85. The van der Waals surface area contributed by atoms with E-state index in [9.17, 15) is 14.4 Å². The Morgan fingerprint density at radius 2 is 2.18 bits per heavy atom. The third kappa shape index (κ3) is 4.01. The standard InChI is InChI=1S/C17H18O4S/c1-2-21-17(20)15(11-14(19)6-3-7-18)13-9-12-5-4-8-22-16(12)10-13/h4-5,7-10,15H,2-3,6,11H2,1H3. The summed E-state index contributed by atoms with van der Waals surface area (Å²) in [7, 11) is 0. The quantitative estimate of drug-likeness (QED) is 0.552. The number of ketones is 1. The van der Waals surface area contributed by atoms with E-state index < -0.39 is 5.92 Å². The largest absolute Gasteiger partial charge is 0.466 e. The van der Waals surface area contributed by atoms with Crippen molar-refractivity contribution in [3.8, 4) is 10.4 Å². The lowest BCUT2D eigenvalue weighted by atomic mass is 9.94. The highest BCUT2D eigenvalue weighted by Gasteiger charge is 2.26. The van der Waals surface area contributed by atoms with Crippen molar-refractivity contribution in [2.24, 2.45) is 0 Å². The minimum Gasteiger partial charge on any atom is -0.466 e. The molecule has 0 spiro atoms. The van der Waals surface area contributed by atoms with E-state index in [-0.39, 0.29) is 37.6 Å². The number of rotatable bonds is 8. The second kappa shape index (κ2) is 7.84. The summed E-state index contributed by atoms with van der Waals surface area (Å²) in [6, 6.07) is 7.80. The Morgan fingerprint density at radius 1 is 1.36 bits per heavy atom. The lowest BCUT2D eigenvalue weighted by Crippen LogP contribution is -2.19. The maximum atomic E-state index is 12.2. The van der Waals surface area contributed by atoms with Crippen LogP contribution in [0.1, 0.15) is 37.7 Å². The molecule has 1 unspecified atom stereocenters. The topological polar surface area (TPSA) is 60.4 Å². The summed E-state index contributed by atoms with van der Waals surface area (Å²) in [4.78, 5) is 35.6. The lowest BCUT2D eigenvalue weighted by molar-refractivity contribution is -0.146. The molecule has 0 radical (unpaired) electrons. The lowest BCUT2D eigenvalue weighted by Gasteiger charge is -2.13. The summed E-state index contributed by atoms with van der Waals surface area (Å²) < 4.78 is 5.10. The Morgan fingerprint density at radius 3 is 2.86 bits per heavy atom. The van der Waals surface area contributed by atoms with Gasteiger partial charge in [-0.25, -0.2) is 0 Å². The molecule has 0 bridgehead atoms. The maximum Gasteiger partial charge on any atom is 0.313 e. The summed E-state index contributed by atoms with van der Waals surface area (Å²) in [6.45, 7) is 2.02. The van der Waals surface area contributed by atoms with Crippen LogP contribution in [0.25, 0.3) is 10.4 Å². The molecule has 0 saturated heterocycles. The molecule has 2 aliphatic rings. The van der Waals surface area contributed by atoms with E-state index in [2.05, 4.69) is 0 Å². The highest BCUT2D eigenvalue weighted by Crippen LogP contribution is 2.35. The number of ether oxygens (including phenoxy) is 1. The molecule has 5 heteroatoms. The summed E-state index contributed by atoms with van der Waals surface area (Å²) in [6.07, 6.45) is 1.16. The number of hydrogen-bond donors (Lipinski definition) is 0. The number of aldehydes is 1. The van der Waals surface area contributed by atoms with Crippen molar-refractivity contribution in [2.45, 2.75) is 32.1 Å². The van der Waals surface area contributed by atoms with Gasteiger partial charge in [0.25, 0.3) is 0 Å². The van der Waals surface area contributed by atoms with Gasteiger partial charge in [0.15, 0.2) is 0 Å². The third-order valence-electron chi connectivity index (χ3n) is 3.40. The second-order valence-corrected chi connectivity index (χ2v) is 5.92. The van der Waals surface area contributed by atoms with Crippen molar-refractivity contribution in [1.82, 2.24) is 0 Å². The molecule has 0 amide bonds. The van der Waals surface area contributed by atoms with E-state index in [4.69, 9.17) is 4.74 Å². The molecule has 1 atom stereocenters. The number of carbonyl (C=O) groups excluding carboxylic acids is 3. The molecule has 116 valence electrons. The van der Waals surface area contributed by atoms with Gasteiger partial charge in [0, 0.05) is 24.1 Å². The first kappa shape index (κ1) is 16.4. The highest BCUT2D eigenvalue weighted by molar-refractivity contribution is 7.13. The fraction of sp³-hybridized carbons (Fsp3) is 0.353. The van der Waals surface area contributed by atoms with Crippen LogP contribution in [0.3, 0.4) is 0 Å². The fourth-order valence-electron chi connectivity index (χ4n) is 2.35. The van der Waals surface area contributed by atoms with E-state index in [1.165, 1.54) is 0 Å². The summed E-state index contributed by atoms with van der Waals surface area (Å²) in [5.74, 6) is -1.08. The van der Waals surface area contributed by atoms with Crippen LogP contribution in [0.2, 0.25) is 0 Å². The first-order valence-electron chi connectivity index (χ1n) is 7.24. The number of Topliss-reactive ketones (excluding diaryl/α,β-unsaturated/α-hetero) is 1. The first-order chi connectivity index (χ1) is 10.7. The smallest absolute Gasteiger partial charge is 0.313 e. The van der Waals surface area contributed by atoms with Crippen LogP contribution in [-0.4, -0.2) is 24.6 Å². The molecule has 2 rings (SSSR count). The molecule has 0 fully saturated rings. The van der Waals surface area contributed by atoms with E-state index in [0.717, 1.165) is 22.3 Å². The van der Waals surface area contributed by atoms with Gasteiger partial charge >= 0.3 is 5.97 Å². The Hall–Kier alpha value is -2.01. The van der Waals surface area contributed by atoms with Crippen LogP contribution >= 0.6 is 11.3 Å². The zero-order valence-corrected chi connectivity index (χ0v) is 13.2. The van der Waals surface area contributed by atoms with Gasteiger partial charge in [-0.1, -0.05) is 12.1 Å². The minimum absolute atomic E-state index is 0.0770. The number of esters is 1.